The van der Waals surface area contributed by atoms with Crippen LogP contribution in [0.2, 0.25) is 5.15 Å². The minimum atomic E-state index is 0.481. The summed E-state index contributed by atoms with van der Waals surface area (Å²) in [6.07, 6.45) is 0.822. The van der Waals surface area contributed by atoms with Crippen LogP contribution in [0.3, 0.4) is 0 Å². The van der Waals surface area contributed by atoms with E-state index in [9.17, 15) is 0 Å². The maximum atomic E-state index is 6.88. The molecule has 0 atom stereocenters. The third-order valence-corrected chi connectivity index (χ3v) is 6.52. The number of halogens is 1. The predicted octanol–water partition coefficient (Wildman–Crippen LogP) is 4.83. The van der Waals surface area contributed by atoms with Gasteiger partial charge in [0.05, 0.1) is 17.7 Å². The summed E-state index contributed by atoms with van der Waals surface area (Å²) >= 11 is 6.88. The number of tetrazole rings is 1. The second-order valence-corrected chi connectivity index (χ2v) is 8.89. The van der Waals surface area contributed by atoms with Crippen LogP contribution in [0.15, 0.2) is 48.5 Å². The minimum absolute atomic E-state index is 0.481. The van der Waals surface area contributed by atoms with E-state index in [1.807, 2.05) is 37.3 Å². The van der Waals surface area contributed by atoms with E-state index in [0.717, 1.165) is 62.4 Å². The Morgan fingerprint density at radius 2 is 1.89 bits per heavy atom. The van der Waals surface area contributed by atoms with Gasteiger partial charge in [0, 0.05) is 23.1 Å². The number of hydrogen-bond donors (Lipinski definition) is 1. The van der Waals surface area contributed by atoms with Crippen molar-refractivity contribution in [1.29, 1.82) is 0 Å². The Morgan fingerprint density at radius 3 is 2.69 bits per heavy atom. The molecule has 2 aromatic carbocycles. The molecule has 0 saturated carbocycles. The topological polar surface area (TPSA) is 103 Å². The van der Waals surface area contributed by atoms with Gasteiger partial charge in [-0.25, -0.2) is 14.6 Å². The van der Waals surface area contributed by atoms with Crippen LogP contribution < -0.4 is 0 Å². The maximum absolute atomic E-state index is 6.88. The molecular formula is C25H22ClN9. The number of aromatic nitrogens is 9. The summed E-state index contributed by atoms with van der Waals surface area (Å²) in [6, 6.07) is 15.9. The normalized spacial score (nSPS) is 11.7. The second-order valence-electron chi connectivity index (χ2n) is 8.53. The van der Waals surface area contributed by atoms with Crippen molar-refractivity contribution in [3.05, 3.63) is 76.3 Å². The highest BCUT2D eigenvalue weighted by molar-refractivity contribution is 6.34. The van der Waals surface area contributed by atoms with Gasteiger partial charge in [0.2, 0.25) is 5.82 Å². The first-order chi connectivity index (χ1) is 17.0. The average molecular weight is 484 g/mol. The highest BCUT2D eigenvalue weighted by Gasteiger charge is 2.18. The van der Waals surface area contributed by atoms with Gasteiger partial charge < -0.3 is 4.57 Å². The van der Waals surface area contributed by atoms with Crippen molar-refractivity contribution < 1.29 is 0 Å². The summed E-state index contributed by atoms with van der Waals surface area (Å²) in [4.78, 5) is 9.66. The Labute approximate surface area is 205 Å². The van der Waals surface area contributed by atoms with Crippen molar-refractivity contribution in [2.75, 3.05) is 0 Å². The fraction of sp³-hybridized carbons (Fsp3) is 0.200. The van der Waals surface area contributed by atoms with Gasteiger partial charge in [0.1, 0.15) is 16.5 Å². The van der Waals surface area contributed by atoms with Gasteiger partial charge in [0.25, 0.3) is 0 Å². The summed E-state index contributed by atoms with van der Waals surface area (Å²) in [7, 11) is 0. The molecule has 0 aliphatic carbocycles. The van der Waals surface area contributed by atoms with Gasteiger partial charge >= 0.3 is 0 Å². The van der Waals surface area contributed by atoms with Gasteiger partial charge in [-0.05, 0) is 60.5 Å². The van der Waals surface area contributed by atoms with Crippen LogP contribution in [0.4, 0.5) is 0 Å². The zero-order valence-corrected chi connectivity index (χ0v) is 20.2. The second kappa shape index (κ2) is 8.28. The summed E-state index contributed by atoms with van der Waals surface area (Å²) in [5.41, 5.74) is 7.46. The SMILES string of the molecule is CCc1nc2c(C)cc(C)nc2n1Cc1ccc2nn(-c3ccccc3-c3nn[nH]n3)c(Cl)c2c1. The van der Waals surface area contributed by atoms with Gasteiger partial charge in [-0.1, -0.05) is 36.7 Å². The number of para-hydroxylation sites is 1. The van der Waals surface area contributed by atoms with Gasteiger partial charge in [-0.3, -0.25) is 0 Å². The Bertz CT molecular complexity index is 1700. The fourth-order valence-corrected chi connectivity index (χ4v) is 4.83. The van der Waals surface area contributed by atoms with Gasteiger partial charge in [-0.2, -0.15) is 10.3 Å². The van der Waals surface area contributed by atoms with E-state index in [0.29, 0.717) is 17.5 Å². The number of fused-ring (bicyclic) bond motifs is 2. The molecule has 35 heavy (non-hydrogen) atoms. The molecule has 6 aromatic rings. The number of nitrogens with zero attached hydrogens (tertiary/aromatic N) is 8. The molecule has 0 bridgehead atoms. The van der Waals surface area contributed by atoms with Crippen LogP contribution in [-0.4, -0.2) is 44.9 Å². The molecule has 174 valence electrons. The molecular weight excluding hydrogens is 462 g/mol. The number of nitrogens with one attached hydrogen (secondary N) is 1. The highest BCUT2D eigenvalue weighted by Crippen LogP contribution is 2.31. The third-order valence-electron chi connectivity index (χ3n) is 6.15. The molecule has 1 N–H and O–H groups in total. The lowest BCUT2D eigenvalue weighted by molar-refractivity contribution is 0.746. The molecule has 0 spiro atoms. The number of aryl methyl sites for hydroxylation is 3. The monoisotopic (exact) mass is 483 g/mol. The van der Waals surface area contributed by atoms with E-state index >= 15 is 0 Å². The van der Waals surface area contributed by atoms with Crippen molar-refractivity contribution in [3.63, 3.8) is 0 Å². The highest BCUT2D eigenvalue weighted by atomic mass is 35.5. The molecule has 10 heteroatoms. The van der Waals surface area contributed by atoms with Gasteiger partial charge in [-0.15, -0.1) is 10.2 Å². The van der Waals surface area contributed by atoms with E-state index in [2.05, 4.69) is 57.2 Å². The first-order valence-electron chi connectivity index (χ1n) is 11.4. The standard InChI is InChI=1S/C25H22ClN9/c1-4-21-28-22-14(2)11-15(3)27-25(22)34(21)13-16-9-10-19-18(12-16)23(26)35(31-19)20-8-6-5-7-17(20)24-29-32-33-30-24/h5-12H,4,13H2,1-3H3,(H,29,30,32,33). The van der Waals surface area contributed by atoms with E-state index in [4.69, 9.17) is 26.7 Å². The van der Waals surface area contributed by atoms with E-state index in [1.54, 1.807) is 4.68 Å². The lowest BCUT2D eigenvalue weighted by atomic mass is 10.1. The van der Waals surface area contributed by atoms with Crippen LogP contribution in [0, 0.1) is 13.8 Å². The minimum Gasteiger partial charge on any atom is -0.308 e. The Balaban J connectivity index is 1.45. The van der Waals surface area contributed by atoms with Crippen LogP contribution in [0.25, 0.3) is 39.1 Å². The zero-order valence-electron chi connectivity index (χ0n) is 19.5. The molecule has 0 radical (unpaired) electrons. The predicted molar refractivity (Wildman–Crippen MR) is 135 cm³/mol. The first kappa shape index (κ1) is 21.4. The maximum Gasteiger partial charge on any atom is 0.206 e. The first-order valence-corrected chi connectivity index (χ1v) is 11.7. The lowest BCUT2D eigenvalue weighted by Gasteiger charge is -2.09. The molecule has 0 aliphatic rings. The summed E-state index contributed by atoms with van der Waals surface area (Å²) < 4.78 is 3.92. The third kappa shape index (κ3) is 3.55. The quantitative estimate of drug-likeness (QED) is 0.376. The fourth-order valence-electron chi connectivity index (χ4n) is 4.55. The largest absolute Gasteiger partial charge is 0.308 e. The number of hydrogen-bond acceptors (Lipinski definition) is 6. The van der Waals surface area contributed by atoms with E-state index in [1.165, 1.54) is 0 Å². The molecule has 0 amide bonds. The summed E-state index contributed by atoms with van der Waals surface area (Å²) in [5, 5.41) is 20.6. The summed E-state index contributed by atoms with van der Waals surface area (Å²) in [6.45, 7) is 6.86. The van der Waals surface area contributed by atoms with Crippen molar-refractivity contribution >= 4 is 33.7 Å². The molecule has 4 heterocycles. The number of benzene rings is 2. The molecule has 0 saturated heterocycles. The van der Waals surface area contributed by atoms with Gasteiger partial charge in [0.15, 0.2) is 5.65 Å². The number of rotatable bonds is 5. The summed E-state index contributed by atoms with van der Waals surface area (Å²) in [5.74, 6) is 1.49. The van der Waals surface area contributed by atoms with Crippen LogP contribution in [0.1, 0.15) is 29.6 Å². The smallest absolute Gasteiger partial charge is 0.206 e. The number of H-pyrrole nitrogens is 1. The Hall–Kier alpha value is -4.11. The molecule has 0 fully saturated rings. The molecule has 6 rings (SSSR count). The van der Waals surface area contributed by atoms with Crippen LogP contribution in [-0.2, 0) is 13.0 Å². The molecule has 0 aliphatic heterocycles. The number of aromatic amines is 1. The van der Waals surface area contributed by atoms with Crippen molar-refractivity contribution in [2.24, 2.45) is 0 Å². The van der Waals surface area contributed by atoms with Crippen LogP contribution in [0.5, 0.6) is 0 Å². The molecule has 9 nitrogen and oxygen atoms in total. The average Bonchev–Trinajstić information content (AvgIpc) is 3.58. The van der Waals surface area contributed by atoms with Crippen LogP contribution >= 0.6 is 11.6 Å². The zero-order chi connectivity index (χ0) is 24.1. The number of pyridine rings is 1. The van der Waals surface area contributed by atoms with E-state index in [-0.39, 0.29) is 0 Å². The molecule has 0 unspecified atom stereocenters. The van der Waals surface area contributed by atoms with Crippen molar-refractivity contribution in [1.82, 2.24) is 44.9 Å². The Kier molecular flexibility index (Phi) is 5.07. The Morgan fingerprint density at radius 1 is 1.03 bits per heavy atom. The van der Waals surface area contributed by atoms with Crippen molar-refractivity contribution in [3.8, 4) is 17.1 Å². The van der Waals surface area contributed by atoms with Crippen molar-refractivity contribution in [2.45, 2.75) is 33.7 Å². The number of imidazole rings is 1. The van der Waals surface area contributed by atoms with E-state index < -0.39 is 0 Å². The molecule has 4 aromatic heterocycles. The lowest BCUT2D eigenvalue weighted by Crippen LogP contribution is -2.05.